The first kappa shape index (κ1) is 14.6. The molecule has 0 amide bonds. The van der Waals surface area contributed by atoms with Gasteiger partial charge in [-0.3, -0.25) is 0 Å². The number of halogens is 2. The molecule has 1 unspecified atom stereocenters. The summed E-state index contributed by atoms with van der Waals surface area (Å²) in [5.74, 6) is 0.501. The molecule has 1 saturated carbocycles. The van der Waals surface area contributed by atoms with Crippen molar-refractivity contribution in [2.24, 2.45) is 5.92 Å². The molecule has 1 aliphatic rings. The maximum atomic E-state index is 13.9. The number of rotatable bonds is 6. The van der Waals surface area contributed by atoms with E-state index < -0.39 is 0 Å². The average molecular weight is 307 g/mol. The lowest BCUT2D eigenvalue weighted by molar-refractivity contribution is 0.495. The highest BCUT2D eigenvalue weighted by Crippen LogP contribution is 2.41. The van der Waals surface area contributed by atoms with Gasteiger partial charge >= 0.3 is 0 Å². The van der Waals surface area contributed by atoms with Crippen LogP contribution in [0.5, 0.6) is 0 Å². The number of hydrogen-bond acceptors (Lipinski definition) is 1. The summed E-state index contributed by atoms with van der Waals surface area (Å²) in [5, 5.41) is 4.03. The fourth-order valence-electron chi connectivity index (χ4n) is 2.81. The van der Waals surface area contributed by atoms with Crippen molar-refractivity contribution in [3.8, 4) is 0 Å². The van der Waals surface area contributed by atoms with Gasteiger partial charge in [0.2, 0.25) is 0 Å². The van der Waals surface area contributed by atoms with Gasteiger partial charge in [-0.05, 0) is 49.1 Å². The molecule has 3 rings (SSSR count). The number of aromatic nitrogens is 1. The lowest BCUT2D eigenvalue weighted by Gasteiger charge is -2.15. The summed E-state index contributed by atoms with van der Waals surface area (Å²) in [6, 6.07) is 7.37. The molecule has 1 aromatic carbocycles. The van der Waals surface area contributed by atoms with Gasteiger partial charge in [0.25, 0.3) is 0 Å². The van der Waals surface area contributed by atoms with Crippen molar-refractivity contribution >= 4 is 11.6 Å². The molecule has 0 radical (unpaired) electrons. The molecule has 1 aromatic heterocycles. The molecule has 2 nitrogen and oxygen atoms in total. The van der Waals surface area contributed by atoms with Crippen LogP contribution in [0.2, 0.25) is 5.02 Å². The zero-order valence-corrected chi connectivity index (χ0v) is 12.9. The van der Waals surface area contributed by atoms with Crippen molar-refractivity contribution in [2.45, 2.75) is 32.4 Å². The Hall–Kier alpha value is -1.32. The molecular formula is C17H20ClFN2. The lowest BCUT2D eigenvalue weighted by Crippen LogP contribution is -2.22. The zero-order valence-electron chi connectivity index (χ0n) is 12.2. The topological polar surface area (TPSA) is 17.0 Å². The highest BCUT2D eigenvalue weighted by molar-refractivity contribution is 6.31. The van der Waals surface area contributed by atoms with Gasteiger partial charge in [0.15, 0.2) is 0 Å². The molecule has 21 heavy (non-hydrogen) atoms. The third-order valence-corrected chi connectivity index (χ3v) is 4.41. The van der Waals surface area contributed by atoms with Crippen molar-refractivity contribution in [3.05, 3.63) is 58.6 Å². The Morgan fingerprint density at radius 1 is 1.38 bits per heavy atom. The quantitative estimate of drug-likeness (QED) is 0.837. The molecule has 0 aliphatic heterocycles. The van der Waals surface area contributed by atoms with Crippen LogP contribution >= 0.6 is 11.6 Å². The van der Waals surface area contributed by atoms with Crippen LogP contribution in [-0.4, -0.2) is 11.1 Å². The average Bonchev–Trinajstić information content (AvgIpc) is 3.19. The number of hydrogen-bond donors (Lipinski definition) is 1. The van der Waals surface area contributed by atoms with Crippen molar-refractivity contribution in [1.29, 1.82) is 0 Å². The molecule has 1 fully saturated rings. The minimum atomic E-state index is -0.247. The molecule has 1 aliphatic carbocycles. The summed E-state index contributed by atoms with van der Waals surface area (Å²) < 4.78 is 15.9. The molecule has 0 bridgehead atoms. The standard InChI is InChI=1S/C17H20ClFN2/c1-2-20-17(12-6-7-12)13-8-9-21(10-13)11-14-15(18)4-3-5-16(14)19/h3-5,8-10,12,17,20H,2,6-7,11H2,1H3. The van der Waals surface area contributed by atoms with Crippen molar-refractivity contribution in [1.82, 2.24) is 9.88 Å². The molecule has 0 saturated heterocycles. The first-order valence-electron chi connectivity index (χ1n) is 7.51. The predicted octanol–water partition coefficient (Wildman–Crippen LogP) is 4.39. The number of benzene rings is 1. The summed E-state index contributed by atoms with van der Waals surface area (Å²) >= 11 is 6.09. The Kier molecular flexibility index (Phi) is 4.32. The van der Waals surface area contributed by atoms with E-state index in [-0.39, 0.29) is 5.82 Å². The predicted molar refractivity (Wildman–Crippen MR) is 84.1 cm³/mol. The van der Waals surface area contributed by atoms with E-state index in [9.17, 15) is 4.39 Å². The van der Waals surface area contributed by atoms with Gasteiger partial charge in [0.1, 0.15) is 5.82 Å². The second-order valence-electron chi connectivity index (χ2n) is 5.69. The number of nitrogens with one attached hydrogen (secondary N) is 1. The first-order valence-corrected chi connectivity index (χ1v) is 7.88. The van der Waals surface area contributed by atoms with Gasteiger partial charge in [-0.25, -0.2) is 4.39 Å². The van der Waals surface area contributed by atoms with E-state index >= 15 is 0 Å². The Labute approximate surface area is 129 Å². The molecule has 1 heterocycles. The van der Waals surface area contributed by atoms with Crippen LogP contribution in [-0.2, 0) is 6.54 Å². The first-order chi connectivity index (χ1) is 10.2. The Balaban J connectivity index is 1.78. The summed E-state index contributed by atoms with van der Waals surface area (Å²) in [5.41, 5.74) is 1.83. The van der Waals surface area contributed by atoms with Crippen molar-refractivity contribution < 1.29 is 4.39 Å². The van der Waals surface area contributed by atoms with Gasteiger partial charge in [-0.15, -0.1) is 0 Å². The second-order valence-corrected chi connectivity index (χ2v) is 6.10. The monoisotopic (exact) mass is 306 g/mol. The third-order valence-electron chi connectivity index (χ3n) is 4.05. The molecule has 2 aromatic rings. The van der Waals surface area contributed by atoms with E-state index in [1.165, 1.54) is 24.5 Å². The van der Waals surface area contributed by atoms with E-state index in [0.717, 1.165) is 12.5 Å². The van der Waals surface area contributed by atoms with Gasteiger partial charge in [-0.2, -0.15) is 0 Å². The second kappa shape index (κ2) is 6.20. The Morgan fingerprint density at radius 2 is 2.19 bits per heavy atom. The molecule has 4 heteroatoms. The van der Waals surface area contributed by atoms with Crippen LogP contribution < -0.4 is 5.32 Å². The summed E-state index contributed by atoms with van der Waals surface area (Å²) in [6.45, 7) is 3.56. The zero-order chi connectivity index (χ0) is 14.8. The summed E-state index contributed by atoms with van der Waals surface area (Å²) in [6.07, 6.45) is 6.70. The van der Waals surface area contributed by atoms with Crippen LogP contribution in [0.4, 0.5) is 4.39 Å². The smallest absolute Gasteiger partial charge is 0.129 e. The van der Waals surface area contributed by atoms with E-state index in [4.69, 9.17) is 11.6 Å². The number of nitrogens with zero attached hydrogens (tertiary/aromatic N) is 1. The minimum absolute atomic E-state index is 0.247. The van der Waals surface area contributed by atoms with E-state index in [2.05, 4.69) is 24.5 Å². The van der Waals surface area contributed by atoms with Gasteiger partial charge in [-0.1, -0.05) is 24.6 Å². The highest BCUT2D eigenvalue weighted by Gasteiger charge is 2.32. The maximum absolute atomic E-state index is 13.9. The van der Waals surface area contributed by atoms with Crippen molar-refractivity contribution in [3.63, 3.8) is 0 Å². The fourth-order valence-corrected chi connectivity index (χ4v) is 3.04. The molecule has 112 valence electrons. The third kappa shape index (κ3) is 3.30. The summed E-state index contributed by atoms with van der Waals surface area (Å²) in [7, 11) is 0. The van der Waals surface area contributed by atoms with Crippen LogP contribution in [0.3, 0.4) is 0 Å². The SMILES string of the molecule is CCNC(c1ccn(Cc2c(F)cccc2Cl)c1)C1CC1. The van der Waals surface area contributed by atoms with E-state index in [0.29, 0.717) is 23.2 Å². The van der Waals surface area contributed by atoms with Gasteiger partial charge < -0.3 is 9.88 Å². The van der Waals surface area contributed by atoms with Crippen LogP contribution in [0.1, 0.15) is 36.9 Å². The van der Waals surface area contributed by atoms with Gasteiger partial charge in [0, 0.05) is 29.0 Å². The Bertz CT molecular complexity index is 599. The largest absolute Gasteiger partial charge is 0.349 e. The van der Waals surface area contributed by atoms with Crippen LogP contribution in [0, 0.1) is 11.7 Å². The van der Waals surface area contributed by atoms with E-state index in [1.807, 2.05) is 10.8 Å². The molecule has 1 atom stereocenters. The van der Waals surface area contributed by atoms with Crippen LogP contribution in [0.15, 0.2) is 36.7 Å². The lowest BCUT2D eigenvalue weighted by atomic mass is 10.1. The highest BCUT2D eigenvalue weighted by atomic mass is 35.5. The molecular weight excluding hydrogens is 287 g/mol. The van der Waals surface area contributed by atoms with Crippen molar-refractivity contribution in [2.75, 3.05) is 6.54 Å². The van der Waals surface area contributed by atoms with Crippen LogP contribution in [0.25, 0.3) is 0 Å². The molecule has 1 N–H and O–H groups in total. The normalized spacial score (nSPS) is 16.1. The summed E-state index contributed by atoms with van der Waals surface area (Å²) in [4.78, 5) is 0. The fraction of sp³-hybridized carbons (Fsp3) is 0.412. The van der Waals surface area contributed by atoms with E-state index in [1.54, 1.807) is 12.1 Å². The van der Waals surface area contributed by atoms with Gasteiger partial charge in [0.05, 0.1) is 6.54 Å². The Morgan fingerprint density at radius 3 is 2.86 bits per heavy atom. The molecule has 0 spiro atoms. The maximum Gasteiger partial charge on any atom is 0.129 e. The minimum Gasteiger partial charge on any atom is -0.349 e.